The SMILES string of the molecule is CC(=O)N[C@H](Cc1ccccc1)C(=O)N[C@H](Cc1ccccc1[N+](=O)[O-])C(N)=O. The topological polar surface area (TPSA) is 144 Å². The number of amides is 3. The summed E-state index contributed by atoms with van der Waals surface area (Å²) in [5, 5.41) is 16.2. The van der Waals surface area contributed by atoms with Crippen molar-refractivity contribution in [1.82, 2.24) is 10.6 Å². The highest BCUT2D eigenvalue weighted by Crippen LogP contribution is 2.19. The molecule has 0 saturated carbocycles. The predicted molar refractivity (Wildman–Crippen MR) is 106 cm³/mol. The van der Waals surface area contributed by atoms with Gasteiger partial charge in [0.15, 0.2) is 0 Å². The van der Waals surface area contributed by atoms with Gasteiger partial charge < -0.3 is 16.4 Å². The summed E-state index contributed by atoms with van der Waals surface area (Å²) >= 11 is 0. The van der Waals surface area contributed by atoms with Crippen LogP contribution in [0.1, 0.15) is 18.1 Å². The molecule has 2 atom stereocenters. The van der Waals surface area contributed by atoms with Crippen LogP contribution < -0.4 is 16.4 Å². The number of nitrogens with one attached hydrogen (secondary N) is 2. The average molecular weight is 398 g/mol. The maximum atomic E-state index is 12.7. The van der Waals surface area contributed by atoms with Gasteiger partial charge in [0.2, 0.25) is 17.7 Å². The van der Waals surface area contributed by atoms with Gasteiger partial charge in [0.05, 0.1) is 4.92 Å². The lowest BCUT2D eigenvalue weighted by molar-refractivity contribution is -0.385. The molecule has 0 aliphatic carbocycles. The lowest BCUT2D eigenvalue weighted by atomic mass is 10.0. The number of para-hydroxylation sites is 1. The van der Waals surface area contributed by atoms with Crippen molar-refractivity contribution in [3.8, 4) is 0 Å². The Morgan fingerprint density at radius 2 is 1.59 bits per heavy atom. The van der Waals surface area contributed by atoms with Gasteiger partial charge in [0.1, 0.15) is 12.1 Å². The van der Waals surface area contributed by atoms with E-state index in [1.807, 2.05) is 6.07 Å². The van der Waals surface area contributed by atoms with Crippen LogP contribution in [-0.2, 0) is 27.2 Å². The van der Waals surface area contributed by atoms with Gasteiger partial charge in [-0.15, -0.1) is 0 Å². The summed E-state index contributed by atoms with van der Waals surface area (Å²) in [7, 11) is 0. The zero-order chi connectivity index (χ0) is 21.4. The smallest absolute Gasteiger partial charge is 0.272 e. The number of rotatable bonds is 9. The summed E-state index contributed by atoms with van der Waals surface area (Å²) in [6.45, 7) is 1.28. The molecule has 0 aromatic heterocycles. The first-order valence-electron chi connectivity index (χ1n) is 8.91. The maximum absolute atomic E-state index is 12.7. The van der Waals surface area contributed by atoms with Crippen molar-refractivity contribution in [3.63, 3.8) is 0 Å². The van der Waals surface area contributed by atoms with E-state index in [1.165, 1.54) is 25.1 Å². The molecular weight excluding hydrogens is 376 g/mol. The summed E-state index contributed by atoms with van der Waals surface area (Å²) < 4.78 is 0. The van der Waals surface area contributed by atoms with E-state index in [0.717, 1.165) is 5.56 Å². The quantitative estimate of drug-likeness (QED) is 0.424. The number of carbonyl (C=O) groups excluding carboxylic acids is 3. The van der Waals surface area contributed by atoms with E-state index in [2.05, 4.69) is 10.6 Å². The standard InChI is InChI=1S/C20H22N4O5/c1-13(25)22-17(11-14-7-3-2-4-8-14)20(27)23-16(19(21)26)12-15-9-5-6-10-18(15)24(28)29/h2-10,16-17H,11-12H2,1H3,(H2,21,26)(H,22,25)(H,23,27)/t16-,17-/m1/s1. The van der Waals surface area contributed by atoms with E-state index in [1.54, 1.807) is 30.3 Å². The van der Waals surface area contributed by atoms with Gasteiger partial charge in [0.25, 0.3) is 5.69 Å². The molecule has 9 heteroatoms. The van der Waals surface area contributed by atoms with E-state index in [-0.39, 0.29) is 24.1 Å². The molecule has 152 valence electrons. The van der Waals surface area contributed by atoms with Crippen molar-refractivity contribution in [2.24, 2.45) is 5.73 Å². The number of carbonyl (C=O) groups is 3. The zero-order valence-corrected chi connectivity index (χ0v) is 15.8. The largest absolute Gasteiger partial charge is 0.368 e. The molecule has 0 saturated heterocycles. The minimum Gasteiger partial charge on any atom is -0.368 e. The second-order valence-corrected chi connectivity index (χ2v) is 6.50. The van der Waals surface area contributed by atoms with E-state index in [0.29, 0.717) is 0 Å². The molecule has 0 radical (unpaired) electrons. The van der Waals surface area contributed by atoms with Gasteiger partial charge in [-0.05, 0) is 5.56 Å². The molecule has 0 unspecified atom stereocenters. The summed E-state index contributed by atoms with van der Waals surface area (Å²) in [6, 6.07) is 12.9. The number of nitro groups is 1. The van der Waals surface area contributed by atoms with Crippen LogP contribution >= 0.6 is 0 Å². The van der Waals surface area contributed by atoms with Crippen LogP contribution in [-0.4, -0.2) is 34.7 Å². The highest BCUT2D eigenvalue weighted by atomic mass is 16.6. The minimum absolute atomic E-state index is 0.143. The fraction of sp³-hybridized carbons (Fsp3) is 0.250. The predicted octanol–water partition coefficient (Wildman–Crippen LogP) is 0.855. The molecule has 9 nitrogen and oxygen atoms in total. The number of benzene rings is 2. The summed E-state index contributed by atoms with van der Waals surface area (Å²) in [6.07, 6.45) is 0.0690. The van der Waals surface area contributed by atoms with Crippen molar-refractivity contribution >= 4 is 23.4 Å². The second-order valence-electron chi connectivity index (χ2n) is 6.50. The lowest BCUT2D eigenvalue weighted by Gasteiger charge is -2.21. The Hall–Kier alpha value is -3.75. The normalized spacial score (nSPS) is 12.4. The molecule has 0 aliphatic rings. The first kappa shape index (κ1) is 21.5. The Morgan fingerprint density at radius 3 is 2.17 bits per heavy atom. The second kappa shape index (κ2) is 9.98. The highest BCUT2D eigenvalue weighted by molar-refractivity contribution is 5.91. The fourth-order valence-corrected chi connectivity index (χ4v) is 2.88. The first-order valence-corrected chi connectivity index (χ1v) is 8.91. The fourth-order valence-electron chi connectivity index (χ4n) is 2.88. The zero-order valence-electron chi connectivity index (χ0n) is 15.8. The van der Waals surface area contributed by atoms with Crippen molar-refractivity contribution in [2.45, 2.75) is 31.8 Å². The molecule has 0 fully saturated rings. The van der Waals surface area contributed by atoms with Crippen LogP contribution in [0.4, 0.5) is 5.69 Å². The third-order valence-corrected chi connectivity index (χ3v) is 4.25. The van der Waals surface area contributed by atoms with Crippen LogP contribution in [0, 0.1) is 10.1 Å². The van der Waals surface area contributed by atoms with Crippen molar-refractivity contribution < 1.29 is 19.3 Å². The number of hydrogen-bond acceptors (Lipinski definition) is 5. The van der Waals surface area contributed by atoms with Gasteiger partial charge in [-0.25, -0.2) is 0 Å². The van der Waals surface area contributed by atoms with Crippen LogP contribution in [0.2, 0.25) is 0 Å². The van der Waals surface area contributed by atoms with Crippen molar-refractivity contribution in [2.75, 3.05) is 0 Å². The van der Waals surface area contributed by atoms with E-state index in [9.17, 15) is 24.5 Å². The Kier molecular flexibility index (Phi) is 7.41. The van der Waals surface area contributed by atoms with Crippen molar-refractivity contribution in [1.29, 1.82) is 0 Å². The van der Waals surface area contributed by atoms with E-state index >= 15 is 0 Å². The Bertz CT molecular complexity index is 901. The molecule has 29 heavy (non-hydrogen) atoms. The van der Waals surface area contributed by atoms with Crippen LogP contribution in [0.15, 0.2) is 54.6 Å². The van der Waals surface area contributed by atoms with Gasteiger partial charge in [-0.3, -0.25) is 24.5 Å². The van der Waals surface area contributed by atoms with E-state index in [4.69, 9.17) is 5.73 Å². The number of nitrogens with two attached hydrogens (primary N) is 1. The molecule has 2 aromatic rings. The Labute approximate surface area is 167 Å². The monoisotopic (exact) mass is 398 g/mol. The molecule has 2 rings (SSSR count). The number of primary amides is 1. The molecule has 0 heterocycles. The highest BCUT2D eigenvalue weighted by Gasteiger charge is 2.27. The molecular formula is C20H22N4O5. The molecule has 2 aromatic carbocycles. The Morgan fingerprint density at radius 1 is 0.966 bits per heavy atom. The number of nitrogens with zero attached hydrogens (tertiary/aromatic N) is 1. The van der Waals surface area contributed by atoms with Crippen LogP contribution in [0.3, 0.4) is 0 Å². The minimum atomic E-state index is -1.17. The van der Waals surface area contributed by atoms with Crippen LogP contribution in [0.25, 0.3) is 0 Å². The summed E-state index contributed by atoms with van der Waals surface area (Å²) in [5.41, 5.74) is 6.31. The average Bonchev–Trinajstić information content (AvgIpc) is 2.67. The van der Waals surface area contributed by atoms with Crippen molar-refractivity contribution in [3.05, 3.63) is 75.8 Å². The Balaban J connectivity index is 2.18. The third-order valence-electron chi connectivity index (χ3n) is 4.25. The van der Waals surface area contributed by atoms with E-state index < -0.39 is 34.7 Å². The number of hydrogen-bond donors (Lipinski definition) is 3. The van der Waals surface area contributed by atoms with Crippen LogP contribution in [0.5, 0.6) is 0 Å². The molecule has 4 N–H and O–H groups in total. The lowest BCUT2D eigenvalue weighted by Crippen LogP contribution is -2.54. The maximum Gasteiger partial charge on any atom is 0.272 e. The molecule has 3 amide bonds. The van der Waals surface area contributed by atoms with Gasteiger partial charge in [-0.1, -0.05) is 48.5 Å². The summed E-state index contributed by atoms with van der Waals surface area (Å²) in [4.78, 5) is 46.8. The van der Waals surface area contributed by atoms with Gasteiger partial charge >= 0.3 is 0 Å². The van der Waals surface area contributed by atoms with Gasteiger partial charge in [-0.2, -0.15) is 0 Å². The molecule has 0 spiro atoms. The molecule has 0 bridgehead atoms. The summed E-state index contributed by atoms with van der Waals surface area (Å²) in [5.74, 6) is -1.85. The first-order chi connectivity index (χ1) is 13.8. The molecule has 0 aliphatic heterocycles. The van der Waals surface area contributed by atoms with Gasteiger partial charge in [0, 0.05) is 31.4 Å². The number of nitro benzene ring substituents is 1. The third kappa shape index (κ3) is 6.42.